The van der Waals surface area contributed by atoms with E-state index in [0.29, 0.717) is 19.3 Å². The molecule has 0 bridgehead atoms. The zero-order valence-corrected chi connectivity index (χ0v) is 53.3. The zero-order chi connectivity index (χ0) is 58.5. The maximum atomic E-state index is 12.9. The van der Waals surface area contributed by atoms with Crippen molar-refractivity contribution in [2.75, 3.05) is 13.2 Å². The van der Waals surface area contributed by atoms with Crippen molar-refractivity contribution in [1.29, 1.82) is 0 Å². The Morgan fingerprint density at radius 2 is 0.494 bits per heavy atom. The Bertz CT molecular complexity index is 1620. The summed E-state index contributed by atoms with van der Waals surface area (Å²) in [5.41, 5.74) is 0. The van der Waals surface area contributed by atoms with Crippen LogP contribution in [0.3, 0.4) is 0 Å². The molecule has 6 heteroatoms. The molecule has 0 saturated carbocycles. The van der Waals surface area contributed by atoms with E-state index in [9.17, 15) is 14.4 Å². The summed E-state index contributed by atoms with van der Waals surface area (Å²) in [6, 6.07) is 0. The molecule has 1 unspecified atom stereocenters. The number of esters is 3. The molecule has 0 N–H and O–H groups in total. The van der Waals surface area contributed by atoms with Crippen LogP contribution in [0.2, 0.25) is 0 Å². The molecule has 0 rings (SSSR count). The van der Waals surface area contributed by atoms with Crippen LogP contribution in [-0.4, -0.2) is 37.2 Å². The molecule has 0 heterocycles. The number of unbranched alkanes of at least 4 members (excludes halogenated alkanes) is 33. The molecule has 6 nitrogen and oxygen atoms in total. The molecule has 0 aliphatic heterocycles. The third-order valence-corrected chi connectivity index (χ3v) is 14.7. The van der Waals surface area contributed by atoms with Gasteiger partial charge in [0.1, 0.15) is 13.2 Å². The van der Waals surface area contributed by atoms with Gasteiger partial charge in [0.2, 0.25) is 0 Å². The van der Waals surface area contributed by atoms with Gasteiger partial charge in [0.15, 0.2) is 6.10 Å². The highest BCUT2D eigenvalue weighted by Gasteiger charge is 2.19. The summed E-state index contributed by atoms with van der Waals surface area (Å²) >= 11 is 0. The van der Waals surface area contributed by atoms with Crippen molar-refractivity contribution >= 4 is 17.9 Å². The maximum absolute atomic E-state index is 12.9. The Morgan fingerprint density at radius 3 is 0.802 bits per heavy atom. The summed E-state index contributed by atoms with van der Waals surface area (Å²) in [4.78, 5) is 38.3. The third kappa shape index (κ3) is 66.8. The van der Waals surface area contributed by atoms with Crippen LogP contribution in [0.5, 0.6) is 0 Å². The van der Waals surface area contributed by atoms with E-state index in [-0.39, 0.29) is 31.1 Å². The van der Waals surface area contributed by atoms with Crippen molar-refractivity contribution in [3.63, 3.8) is 0 Å². The van der Waals surface area contributed by atoms with Gasteiger partial charge in [-0.2, -0.15) is 0 Å². The first-order valence-corrected chi connectivity index (χ1v) is 34.4. The summed E-state index contributed by atoms with van der Waals surface area (Å²) in [5.74, 6) is -0.908. The van der Waals surface area contributed by atoms with E-state index in [2.05, 4.69) is 130 Å². The second-order valence-corrected chi connectivity index (χ2v) is 22.7. The predicted molar refractivity (Wildman–Crippen MR) is 353 cm³/mol. The number of carbonyl (C=O) groups is 3. The fourth-order valence-electron chi connectivity index (χ4n) is 9.58. The van der Waals surface area contributed by atoms with Gasteiger partial charge in [-0.3, -0.25) is 14.4 Å². The smallest absolute Gasteiger partial charge is 0.306 e. The molecule has 0 aromatic heterocycles. The van der Waals surface area contributed by atoms with Crippen LogP contribution in [0.25, 0.3) is 0 Å². The van der Waals surface area contributed by atoms with Gasteiger partial charge in [-0.1, -0.05) is 297 Å². The molecule has 0 amide bonds. The van der Waals surface area contributed by atoms with Gasteiger partial charge in [0.05, 0.1) is 0 Å². The van der Waals surface area contributed by atoms with Crippen LogP contribution in [-0.2, 0) is 28.6 Å². The molecule has 0 fully saturated rings. The minimum Gasteiger partial charge on any atom is -0.462 e. The second kappa shape index (κ2) is 68.6. The average molecular weight is 1130 g/mol. The number of hydrogen-bond donors (Lipinski definition) is 0. The summed E-state index contributed by atoms with van der Waals surface area (Å²) < 4.78 is 16.9. The van der Waals surface area contributed by atoms with E-state index in [1.807, 2.05) is 0 Å². The fraction of sp³-hybridized carbons (Fsp3) is 0.720. The quantitative estimate of drug-likeness (QED) is 0.0261. The molecule has 0 saturated heterocycles. The van der Waals surface area contributed by atoms with Crippen LogP contribution in [0.4, 0.5) is 0 Å². The van der Waals surface area contributed by atoms with E-state index in [1.54, 1.807) is 0 Å². The zero-order valence-electron chi connectivity index (χ0n) is 53.3. The van der Waals surface area contributed by atoms with Crippen molar-refractivity contribution in [2.24, 2.45) is 0 Å². The Morgan fingerprint density at radius 1 is 0.259 bits per heavy atom. The van der Waals surface area contributed by atoms with Crippen LogP contribution in [0.15, 0.2) is 109 Å². The number of allylic oxidation sites excluding steroid dienone is 18. The van der Waals surface area contributed by atoms with Gasteiger partial charge >= 0.3 is 17.9 Å². The van der Waals surface area contributed by atoms with E-state index in [1.165, 1.54) is 161 Å². The molecule has 0 aromatic rings. The lowest BCUT2D eigenvalue weighted by Gasteiger charge is -2.18. The van der Waals surface area contributed by atoms with Crippen LogP contribution < -0.4 is 0 Å². The topological polar surface area (TPSA) is 78.9 Å². The first kappa shape index (κ1) is 77.1. The Kier molecular flexibility index (Phi) is 65.2. The number of ether oxygens (including phenoxy) is 3. The molecular formula is C75H128O6. The lowest BCUT2D eigenvalue weighted by atomic mass is 10.0. The van der Waals surface area contributed by atoms with Crippen LogP contribution >= 0.6 is 0 Å². The summed E-state index contributed by atoms with van der Waals surface area (Å²) in [7, 11) is 0. The first-order valence-electron chi connectivity index (χ1n) is 34.4. The summed E-state index contributed by atoms with van der Waals surface area (Å²) in [6.07, 6.45) is 94.0. The third-order valence-electron chi connectivity index (χ3n) is 14.7. The van der Waals surface area contributed by atoms with Crippen molar-refractivity contribution in [1.82, 2.24) is 0 Å². The highest BCUT2D eigenvalue weighted by molar-refractivity contribution is 5.71. The monoisotopic (exact) mass is 1120 g/mol. The largest absolute Gasteiger partial charge is 0.462 e. The molecule has 0 aromatic carbocycles. The normalized spacial score (nSPS) is 12.8. The number of carbonyl (C=O) groups excluding carboxylic acids is 3. The van der Waals surface area contributed by atoms with E-state index in [0.717, 1.165) is 128 Å². The minimum atomic E-state index is -0.794. The highest BCUT2D eigenvalue weighted by Crippen LogP contribution is 2.17. The Hall–Kier alpha value is -3.93. The van der Waals surface area contributed by atoms with E-state index >= 15 is 0 Å². The SMILES string of the molecule is CC/C=C\C/C=C\C/C=C\C/C=C\C/C=C\CCCCCCCC(=O)OC(COC(=O)CCCCCCC/C=C\CCCC)COC(=O)CCCCCCCCCCCCCCCCCC/C=C\C/C=C\C/C=C\CCCCCCC. The van der Waals surface area contributed by atoms with Crippen molar-refractivity contribution in [2.45, 2.75) is 335 Å². The molecule has 81 heavy (non-hydrogen) atoms. The highest BCUT2D eigenvalue weighted by atomic mass is 16.6. The van der Waals surface area contributed by atoms with Crippen LogP contribution in [0.1, 0.15) is 329 Å². The minimum absolute atomic E-state index is 0.0879. The lowest BCUT2D eigenvalue weighted by molar-refractivity contribution is -0.167. The summed E-state index contributed by atoms with van der Waals surface area (Å²) in [5, 5.41) is 0. The number of hydrogen-bond acceptors (Lipinski definition) is 6. The summed E-state index contributed by atoms with van der Waals surface area (Å²) in [6.45, 7) is 6.48. The van der Waals surface area contributed by atoms with Gasteiger partial charge in [-0.05, 0) is 122 Å². The molecular weight excluding hydrogens is 997 g/mol. The van der Waals surface area contributed by atoms with Gasteiger partial charge in [-0.25, -0.2) is 0 Å². The standard InChI is InChI=1S/C75H128O6/c1-4-7-10-13-16-19-22-24-26-28-30-32-33-34-35-36-37-38-39-40-41-43-44-46-48-50-53-56-59-62-65-68-74(77)80-71-72(70-79-73(76)67-64-61-58-55-52-21-18-15-12-9-6-3)81-75(78)69-66-63-60-57-54-51-49-47-45-42-31-29-27-25-23-20-17-14-11-8-5-2/h8,11,15,17-18,20,22,24-25,27-28,30-31,33-34,42,47,49,72H,4-7,9-10,12-14,16,19,21,23,26,29,32,35-41,43-46,48,50-71H2,1-3H3/b11-8-,18-15-,20-17-,24-22-,27-25-,30-28-,34-33-,42-31-,49-47-. The molecule has 1 atom stereocenters. The lowest BCUT2D eigenvalue weighted by Crippen LogP contribution is -2.30. The first-order chi connectivity index (χ1) is 40.0. The molecule has 464 valence electrons. The Balaban J connectivity index is 4.22. The predicted octanol–water partition coefficient (Wildman–Crippen LogP) is 23.8. The molecule has 0 spiro atoms. The van der Waals surface area contributed by atoms with Crippen LogP contribution in [0, 0.1) is 0 Å². The molecule has 0 radical (unpaired) electrons. The molecule has 0 aliphatic carbocycles. The van der Waals surface area contributed by atoms with Gasteiger partial charge < -0.3 is 14.2 Å². The van der Waals surface area contributed by atoms with Gasteiger partial charge in [0.25, 0.3) is 0 Å². The van der Waals surface area contributed by atoms with Gasteiger partial charge in [-0.15, -0.1) is 0 Å². The van der Waals surface area contributed by atoms with Crippen molar-refractivity contribution < 1.29 is 28.6 Å². The van der Waals surface area contributed by atoms with E-state index < -0.39 is 6.10 Å². The Labute approximate surface area is 501 Å². The van der Waals surface area contributed by atoms with Crippen molar-refractivity contribution in [3.8, 4) is 0 Å². The van der Waals surface area contributed by atoms with Gasteiger partial charge in [0, 0.05) is 19.3 Å². The molecule has 0 aliphatic rings. The fourth-order valence-corrected chi connectivity index (χ4v) is 9.58. The second-order valence-electron chi connectivity index (χ2n) is 22.7. The maximum Gasteiger partial charge on any atom is 0.306 e. The van der Waals surface area contributed by atoms with E-state index in [4.69, 9.17) is 14.2 Å². The van der Waals surface area contributed by atoms with Crippen molar-refractivity contribution in [3.05, 3.63) is 109 Å². The average Bonchev–Trinajstić information content (AvgIpc) is 3.47. The number of rotatable bonds is 62.